The first kappa shape index (κ1) is 63.9. The van der Waals surface area contributed by atoms with Crippen LogP contribution in [0.4, 0.5) is 37.2 Å². The number of hydrogen-bond donors (Lipinski definition) is 2. The average molecular weight is 852 g/mol. The van der Waals surface area contributed by atoms with E-state index in [1.807, 2.05) is 0 Å². The molecule has 0 fully saturated rings. The van der Waals surface area contributed by atoms with Crippen LogP contribution >= 0.6 is 0 Å². The Bertz CT molecular complexity index is 1280. The van der Waals surface area contributed by atoms with E-state index in [9.17, 15) is 36.6 Å². The molecule has 1 aromatic rings. The molecule has 15 nitrogen and oxygen atoms in total. The Morgan fingerprint density at radius 1 is 0.661 bits per heavy atom. The van der Waals surface area contributed by atoms with Gasteiger partial charge >= 0.3 is 17.1 Å². The van der Waals surface area contributed by atoms with Gasteiger partial charge in [-0.1, -0.05) is 41.5 Å². The van der Waals surface area contributed by atoms with Crippen molar-refractivity contribution in [2.45, 2.75) is 66.5 Å². The maximum atomic E-state index is 13.7. The fraction of sp³-hybridized carbons (Fsp3) is 0.686. The zero-order chi connectivity index (χ0) is 43.7. The molecule has 1 rings (SSSR count). The first-order chi connectivity index (χ1) is 24.2. The minimum Gasteiger partial charge on any atom is -0.879 e. The van der Waals surface area contributed by atoms with Crippen LogP contribution in [0.25, 0.3) is 16.0 Å². The van der Waals surface area contributed by atoms with E-state index in [0.29, 0.717) is 0 Å². The fourth-order valence-corrected chi connectivity index (χ4v) is 2.75. The number of amides is 4. The predicted octanol–water partition coefficient (Wildman–Crippen LogP) is 5.69. The molecule has 0 saturated carbocycles. The molecule has 0 heterocycles. The van der Waals surface area contributed by atoms with Gasteiger partial charge < -0.3 is 56.0 Å². The second kappa shape index (κ2) is 31.1. The van der Waals surface area contributed by atoms with E-state index in [4.69, 9.17) is 10.5 Å². The maximum Gasteiger partial charge on any atom is 3.00 e. The van der Waals surface area contributed by atoms with Crippen molar-refractivity contribution in [2.24, 2.45) is 4.99 Å². The number of nitrogens with one attached hydrogen (secondary N) is 2. The average Bonchev–Trinajstić information content (AvgIpc) is 2.94. The topological polar surface area (TPSA) is 217 Å². The van der Waals surface area contributed by atoms with Crippen LogP contribution in [-0.2, 0) is 17.1 Å². The number of carbonyl (C=O) groups excluding carboxylic acids is 2. The van der Waals surface area contributed by atoms with Crippen molar-refractivity contribution < 1.29 is 68.2 Å². The van der Waals surface area contributed by atoms with Crippen LogP contribution in [0.2, 0.25) is 0 Å². The third-order valence-corrected chi connectivity index (χ3v) is 4.36. The molecule has 0 atom stereocenters. The molecule has 3 N–H and O–H groups in total. The number of urea groups is 2. The number of nitriles is 2. The molecule has 0 aromatic heterocycles. The summed E-state index contributed by atoms with van der Waals surface area (Å²) >= 11 is 0. The second-order valence-corrected chi connectivity index (χ2v) is 16.0. The summed E-state index contributed by atoms with van der Waals surface area (Å²) < 4.78 is 69.2. The van der Waals surface area contributed by atoms with E-state index >= 15 is 0 Å². The van der Waals surface area contributed by atoms with E-state index in [2.05, 4.69) is 88.0 Å². The number of amidine groups is 1. The molecule has 21 heteroatoms. The van der Waals surface area contributed by atoms with Gasteiger partial charge in [-0.15, -0.1) is 0 Å². The van der Waals surface area contributed by atoms with E-state index < -0.39 is 63.9 Å². The number of quaternary nitrogens is 2. The van der Waals surface area contributed by atoms with E-state index in [0.717, 1.165) is 8.97 Å². The molecule has 0 bridgehead atoms. The monoisotopic (exact) mass is 851 g/mol. The van der Waals surface area contributed by atoms with E-state index in [1.165, 1.54) is 13.8 Å². The molecular formula is C35H63F5MnN11O4. The van der Waals surface area contributed by atoms with Crippen molar-refractivity contribution in [1.82, 2.24) is 15.5 Å². The van der Waals surface area contributed by atoms with Gasteiger partial charge in [0, 0.05) is 19.5 Å². The normalized spacial score (nSPS) is 10.8. The molecule has 4 amide bonds. The molecule has 0 spiro atoms. The molecule has 0 aliphatic carbocycles. The van der Waals surface area contributed by atoms with Gasteiger partial charge in [0.2, 0.25) is 5.82 Å². The Morgan fingerprint density at radius 3 is 1.14 bits per heavy atom. The summed E-state index contributed by atoms with van der Waals surface area (Å²) in [6.07, 6.45) is 0. The number of benzene rings is 1. The number of rotatable bonds is 10. The smallest absolute Gasteiger partial charge is 0.879 e. The van der Waals surface area contributed by atoms with Crippen LogP contribution in [0.3, 0.4) is 0 Å². The SMILES string of the molecule is CC#N.CC#N.CC(C)(C)NC(=O)[N-]CCN(CC[N-]C(=O)NC(C)(C)C)CC[N-]C([O-])=Nc1c(F)c(F)c(F)c(F)c1F.C[N+](C)(C)C.C[N+](C)(C)C.[Mn+3].[OH-]. The minimum absolute atomic E-state index is 0. The summed E-state index contributed by atoms with van der Waals surface area (Å²) in [7, 11) is 17.0. The molecule has 0 saturated heterocycles. The minimum atomic E-state index is -2.37. The molecule has 0 radical (unpaired) electrons. The van der Waals surface area contributed by atoms with Gasteiger partial charge in [0.25, 0.3) is 0 Å². The van der Waals surface area contributed by atoms with Gasteiger partial charge in [-0.2, -0.15) is 16.5 Å². The number of halogens is 5. The molecule has 324 valence electrons. The van der Waals surface area contributed by atoms with Crippen LogP contribution in [-0.4, -0.2) is 144 Å². The van der Waals surface area contributed by atoms with Gasteiger partial charge in [-0.3, -0.25) is 9.59 Å². The zero-order valence-corrected chi connectivity index (χ0v) is 36.9. The molecule has 0 aliphatic heterocycles. The summed E-state index contributed by atoms with van der Waals surface area (Å²) in [6, 6.07) is 0.970. The number of hydrogen-bond acceptors (Lipinski definition) is 8. The first-order valence-corrected chi connectivity index (χ1v) is 16.6. The van der Waals surface area contributed by atoms with Gasteiger partial charge in [0.15, 0.2) is 35.3 Å². The van der Waals surface area contributed by atoms with Crippen molar-refractivity contribution in [1.29, 1.82) is 10.5 Å². The standard InChI is InChI=1S/C23H35F5N7O3.2C4H12N.2C2H3N.Mn.H2O/c1-22(2,3)33-20(37)30-8-11-35(12-9-31-21(38)34-23(4,5)6)10-7-29-19(36)32-18-16(27)14(25)13(24)15(26)17(18)28;2*1-5(2,3)4;2*1-2-3;;/h7-12H2,1-6H3,(H5-,29,30,31,32,33,34,36,37,38);2*1-4H3;2*1H3;;1H2/q-1;2*+1;;;+3;/p-4. The molecule has 56 heavy (non-hydrogen) atoms. The quantitative estimate of drug-likeness (QED) is 0.0569. The van der Waals surface area contributed by atoms with Crippen molar-refractivity contribution in [3.63, 3.8) is 0 Å². The molecule has 0 aliphatic rings. The number of nitrogens with zero attached hydrogens (tertiary/aromatic N) is 9. The summed E-state index contributed by atoms with van der Waals surface area (Å²) in [5, 5.41) is 43.1. The third kappa shape index (κ3) is 44.4. The summed E-state index contributed by atoms with van der Waals surface area (Å²) in [6.45, 7) is 13.8. The van der Waals surface area contributed by atoms with Crippen molar-refractivity contribution in [2.75, 3.05) is 95.6 Å². The van der Waals surface area contributed by atoms with Crippen LogP contribution in [0, 0.1) is 51.7 Å². The zero-order valence-electron chi connectivity index (χ0n) is 35.7. The van der Waals surface area contributed by atoms with Crippen molar-refractivity contribution in [3.8, 4) is 12.1 Å². The van der Waals surface area contributed by atoms with Crippen LogP contribution in [0.1, 0.15) is 55.4 Å². The van der Waals surface area contributed by atoms with E-state index in [1.54, 1.807) is 58.6 Å². The van der Waals surface area contributed by atoms with E-state index in [-0.39, 0.29) is 61.8 Å². The van der Waals surface area contributed by atoms with Crippen LogP contribution in [0.15, 0.2) is 4.99 Å². The largest absolute Gasteiger partial charge is 3.00 e. The summed E-state index contributed by atoms with van der Waals surface area (Å²) in [5.41, 5.74) is -2.62. The summed E-state index contributed by atoms with van der Waals surface area (Å²) in [5.74, 6) is -11.4. The predicted molar refractivity (Wildman–Crippen MR) is 203 cm³/mol. The number of carbonyl (C=O) groups is 2. The molecule has 0 unspecified atom stereocenters. The Hall–Kier alpha value is -3.98. The molecule has 1 aromatic carbocycles. The van der Waals surface area contributed by atoms with Gasteiger partial charge in [0.1, 0.15) is 0 Å². The maximum absolute atomic E-state index is 13.7. The van der Waals surface area contributed by atoms with Gasteiger partial charge in [0.05, 0.1) is 68.5 Å². The van der Waals surface area contributed by atoms with Crippen LogP contribution in [0.5, 0.6) is 0 Å². The fourth-order valence-electron chi connectivity index (χ4n) is 2.75. The Labute approximate surface area is 341 Å². The Balaban J connectivity index is -0.000000293. The number of aliphatic imine (C=N–C) groups is 1. The first-order valence-electron chi connectivity index (χ1n) is 16.6. The summed E-state index contributed by atoms with van der Waals surface area (Å²) in [4.78, 5) is 28.3. The Kier molecular flexibility index (Phi) is 35.6. The third-order valence-electron chi connectivity index (χ3n) is 4.36. The van der Waals surface area contributed by atoms with Gasteiger partial charge in [-0.05, 0) is 50.3 Å². The van der Waals surface area contributed by atoms with Crippen molar-refractivity contribution >= 4 is 23.8 Å². The van der Waals surface area contributed by atoms with Gasteiger partial charge in [-0.25, -0.2) is 22.0 Å². The second-order valence-electron chi connectivity index (χ2n) is 16.0. The molecular weight excluding hydrogens is 788 g/mol. The Morgan fingerprint density at radius 2 is 0.893 bits per heavy atom. The van der Waals surface area contributed by atoms with Crippen LogP contribution < -0.4 is 15.7 Å². The van der Waals surface area contributed by atoms with Crippen molar-refractivity contribution in [3.05, 3.63) is 45.0 Å².